The summed E-state index contributed by atoms with van der Waals surface area (Å²) in [5.41, 5.74) is 3.76. The zero-order valence-corrected chi connectivity index (χ0v) is 17.6. The van der Waals surface area contributed by atoms with Crippen molar-refractivity contribution in [3.8, 4) is 11.5 Å². The number of carbonyl (C=O) groups is 1. The van der Waals surface area contributed by atoms with Gasteiger partial charge in [0.25, 0.3) is 0 Å². The Morgan fingerprint density at radius 2 is 1.80 bits per heavy atom. The molecule has 4 nitrogen and oxygen atoms in total. The van der Waals surface area contributed by atoms with Crippen LogP contribution in [-0.2, 0) is 17.8 Å². The van der Waals surface area contributed by atoms with Gasteiger partial charge in [0.2, 0.25) is 12.7 Å². The average Bonchev–Trinajstić information content (AvgIpc) is 3.27. The summed E-state index contributed by atoms with van der Waals surface area (Å²) in [6.45, 7) is 0.839. The van der Waals surface area contributed by atoms with Gasteiger partial charge in [-0.2, -0.15) is 0 Å². The number of hydrogen-bond donors (Lipinski definition) is 0. The van der Waals surface area contributed by atoms with Crippen LogP contribution in [0.4, 0.5) is 0 Å². The number of aryl methyl sites for hydroxylation is 1. The van der Waals surface area contributed by atoms with Gasteiger partial charge in [-0.05, 0) is 55.2 Å². The lowest BCUT2D eigenvalue weighted by Crippen LogP contribution is -2.37. The Hall–Kier alpha value is -2.49. The van der Waals surface area contributed by atoms with Crippen LogP contribution in [-0.4, -0.2) is 17.6 Å². The zero-order valence-electron chi connectivity index (χ0n) is 17.6. The van der Waals surface area contributed by atoms with E-state index < -0.39 is 0 Å². The molecule has 0 N–H and O–H groups in total. The molecule has 2 aromatic rings. The van der Waals surface area contributed by atoms with Gasteiger partial charge < -0.3 is 14.4 Å². The summed E-state index contributed by atoms with van der Waals surface area (Å²) in [6.07, 6.45) is 10.2. The fraction of sp³-hybridized carbons (Fsp3) is 0.500. The predicted octanol–water partition coefficient (Wildman–Crippen LogP) is 5.79. The Labute approximate surface area is 179 Å². The van der Waals surface area contributed by atoms with E-state index in [1.54, 1.807) is 0 Å². The topological polar surface area (TPSA) is 38.8 Å². The Kier molecular flexibility index (Phi) is 5.65. The molecular weight excluding hydrogens is 374 g/mol. The molecule has 1 atom stereocenters. The molecule has 30 heavy (non-hydrogen) atoms. The maximum Gasteiger partial charge on any atom is 0.231 e. The van der Waals surface area contributed by atoms with E-state index >= 15 is 0 Å². The van der Waals surface area contributed by atoms with E-state index in [-0.39, 0.29) is 12.8 Å². The van der Waals surface area contributed by atoms with E-state index in [9.17, 15) is 4.79 Å². The zero-order chi connectivity index (χ0) is 20.3. The van der Waals surface area contributed by atoms with Gasteiger partial charge in [0, 0.05) is 12.0 Å². The fourth-order valence-electron chi connectivity index (χ4n) is 5.48. The number of benzene rings is 2. The second-order valence-corrected chi connectivity index (χ2v) is 8.99. The molecule has 0 unspecified atom stereocenters. The van der Waals surface area contributed by atoms with Gasteiger partial charge in [0.05, 0.1) is 12.6 Å². The first-order valence-electron chi connectivity index (χ1n) is 11.5. The molecule has 0 saturated heterocycles. The van der Waals surface area contributed by atoms with Crippen LogP contribution in [0.2, 0.25) is 0 Å². The van der Waals surface area contributed by atoms with Gasteiger partial charge in [0.15, 0.2) is 11.5 Å². The molecule has 0 radical (unpaired) electrons. The summed E-state index contributed by atoms with van der Waals surface area (Å²) in [5, 5.41) is 0. The molecule has 0 spiro atoms. The fourth-order valence-corrected chi connectivity index (χ4v) is 5.48. The van der Waals surface area contributed by atoms with Gasteiger partial charge in [0.1, 0.15) is 0 Å². The number of carbonyl (C=O) groups excluding carboxylic acids is 1. The summed E-state index contributed by atoms with van der Waals surface area (Å²) >= 11 is 0. The molecule has 2 aromatic carbocycles. The van der Waals surface area contributed by atoms with Crippen molar-refractivity contribution >= 4 is 5.91 Å². The summed E-state index contributed by atoms with van der Waals surface area (Å²) in [6, 6.07) is 14.8. The minimum Gasteiger partial charge on any atom is -0.454 e. The summed E-state index contributed by atoms with van der Waals surface area (Å²) in [5.74, 6) is 2.42. The van der Waals surface area contributed by atoms with Crippen molar-refractivity contribution in [1.29, 1.82) is 0 Å². The molecule has 1 heterocycles. The predicted molar refractivity (Wildman–Crippen MR) is 116 cm³/mol. The van der Waals surface area contributed by atoms with Crippen molar-refractivity contribution in [1.82, 2.24) is 4.90 Å². The highest BCUT2D eigenvalue weighted by atomic mass is 16.7. The normalized spacial score (nSPS) is 20.6. The number of amides is 1. The molecule has 1 saturated carbocycles. The SMILES string of the molecule is O=C(CC1CCCCC1)N(Cc1cccc2c1OCO2)[C@H]1CCCc2ccccc21. The first kappa shape index (κ1) is 19.5. The summed E-state index contributed by atoms with van der Waals surface area (Å²) in [7, 11) is 0. The van der Waals surface area contributed by atoms with Crippen LogP contribution in [0.25, 0.3) is 0 Å². The molecule has 4 heteroatoms. The number of hydrogen-bond acceptors (Lipinski definition) is 3. The quantitative estimate of drug-likeness (QED) is 0.632. The van der Waals surface area contributed by atoms with Crippen LogP contribution in [0.15, 0.2) is 42.5 Å². The Balaban J connectivity index is 1.45. The van der Waals surface area contributed by atoms with Crippen molar-refractivity contribution in [3.63, 3.8) is 0 Å². The minimum absolute atomic E-state index is 0.143. The first-order chi connectivity index (χ1) is 14.8. The summed E-state index contributed by atoms with van der Waals surface area (Å²) < 4.78 is 11.3. The summed E-state index contributed by atoms with van der Waals surface area (Å²) in [4.78, 5) is 15.8. The second-order valence-electron chi connectivity index (χ2n) is 8.99. The lowest BCUT2D eigenvalue weighted by atomic mass is 9.84. The van der Waals surface area contributed by atoms with E-state index in [0.29, 0.717) is 24.8 Å². The largest absolute Gasteiger partial charge is 0.454 e. The second kappa shape index (κ2) is 8.71. The number of fused-ring (bicyclic) bond motifs is 2. The maximum atomic E-state index is 13.7. The third kappa shape index (κ3) is 3.92. The molecule has 1 amide bonds. The van der Waals surface area contributed by atoms with Crippen molar-refractivity contribution < 1.29 is 14.3 Å². The highest BCUT2D eigenvalue weighted by Crippen LogP contribution is 2.40. The van der Waals surface area contributed by atoms with Gasteiger partial charge in [-0.25, -0.2) is 0 Å². The van der Waals surface area contributed by atoms with E-state index in [2.05, 4.69) is 35.2 Å². The van der Waals surface area contributed by atoms with Gasteiger partial charge in [-0.15, -0.1) is 0 Å². The van der Waals surface area contributed by atoms with E-state index in [1.165, 1.54) is 43.2 Å². The van der Waals surface area contributed by atoms with Gasteiger partial charge in [-0.3, -0.25) is 4.79 Å². The van der Waals surface area contributed by atoms with Crippen LogP contribution in [0.1, 0.15) is 74.1 Å². The van der Waals surface area contributed by atoms with E-state index in [1.807, 2.05) is 12.1 Å². The first-order valence-corrected chi connectivity index (χ1v) is 11.5. The Morgan fingerprint density at radius 1 is 0.933 bits per heavy atom. The van der Waals surface area contributed by atoms with Gasteiger partial charge >= 0.3 is 0 Å². The van der Waals surface area contributed by atoms with Gasteiger partial charge in [-0.1, -0.05) is 55.7 Å². The van der Waals surface area contributed by atoms with Crippen LogP contribution in [0.3, 0.4) is 0 Å². The molecule has 3 aliphatic rings. The van der Waals surface area contributed by atoms with Crippen LogP contribution >= 0.6 is 0 Å². The monoisotopic (exact) mass is 405 g/mol. The van der Waals surface area contributed by atoms with Crippen molar-refractivity contribution in [2.75, 3.05) is 6.79 Å². The Bertz CT molecular complexity index is 903. The van der Waals surface area contributed by atoms with Crippen molar-refractivity contribution in [2.45, 2.75) is 70.4 Å². The lowest BCUT2D eigenvalue weighted by molar-refractivity contribution is -0.136. The highest BCUT2D eigenvalue weighted by Gasteiger charge is 2.32. The smallest absolute Gasteiger partial charge is 0.231 e. The maximum absolute atomic E-state index is 13.7. The lowest BCUT2D eigenvalue weighted by Gasteiger charge is -2.37. The molecule has 2 aliphatic carbocycles. The third-order valence-corrected chi connectivity index (χ3v) is 7.04. The number of para-hydroxylation sites is 1. The highest BCUT2D eigenvalue weighted by molar-refractivity contribution is 5.77. The van der Waals surface area contributed by atoms with Crippen molar-refractivity contribution in [2.24, 2.45) is 5.92 Å². The Morgan fingerprint density at radius 3 is 2.70 bits per heavy atom. The minimum atomic E-state index is 0.143. The molecule has 1 aliphatic heterocycles. The number of rotatable bonds is 5. The molecule has 0 bridgehead atoms. The molecular formula is C26H31NO3. The van der Waals surface area contributed by atoms with Crippen molar-refractivity contribution in [3.05, 3.63) is 59.2 Å². The standard InChI is InChI=1S/C26H31NO3/c28-25(16-19-8-2-1-3-9-19)27(17-21-12-7-15-24-26(21)30-18-29-24)23-14-6-11-20-10-4-5-13-22(20)23/h4-5,7,10,12-13,15,19,23H,1-3,6,8-9,11,14,16-18H2/t23-/m0/s1. The molecule has 0 aromatic heterocycles. The average molecular weight is 406 g/mol. The third-order valence-electron chi connectivity index (χ3n) is 7.04. The van der Waals surface area contributed by atoms with Crippen LogP contribution in [0.5, 0.6) is 11.5 Å². The number of nitrogens with zero attached hydrogens (tertiary/aromatic N) is 1. The van der Waals surface area contributed by atoms with Crippen LogP contribution < -0.4 is 9.47 Å². The molecule has 5 rings (SSSR count). The van der Waals surface area contributed by atoms with Crippen LogP contribution in [0, 0.1) is 5.92 Å². The molecule has 1 fully saturated rings. The van der Waals surface area contributed by atoms with E-state index in [0.717, 1.165) is 36.3 Å². The van der Waals surface area contributed by atoms with E-state index in [4.69, 9.17) is 9.47 Å². The number of ether oxygens (including phenoxy) is 2. The molecule has 158 valence electrons.